The summed E-state index contributed by atoms with van der Waals surface area (Å²) in [6.45, 7) is 2.09. The maximum atomic E-state index is 8.33. The standard InChI is InChI=1S/C6H14O2.C2H7N5.ClH/c1-2-3-4-5-6(7)8;3-1(4)7-2(5)6;/h6-8H,2-5H2,1H3;(H7,3,4,5,6,7);1H. The molecule has 0 aromatic carbocycles. The van der Waals surface area contributed by atoms with E-state index < -0.39 is 6.29 Å². The predicted molar refractivity (Wildman–Crippen MR) is 66.6 cm³/mol. The fourth-order valence-electron chi connectivity index (χ4n) is 0.722. The molecule has 0 saturated carbocycles. The summed E-state index contributed by atoms with van der Waals surface area (Å²) in [5, 5.41) is 31.6. The lowest BCUT2D eigenvalue weighted by Crippen LogP contribution is -2.39. The van der Waals surface area contributed by atoms with Crippen LogP contribution >= 0.6 is 12.4 Å². The van der Waals surface area contributed by atoms with Gasteiger partial charge in [-0.2, -0.15) is 0 Å². The van der Waals surface area contributed by atoms with Crippen LogP contribution in [-0.4, -0.2) is 28.4 Å². The van der Waals surface area contributed by atoms with Gasteiger partial charge in [0.25, 0.3) is 0 Å². The summed E-state index contributed by atoms with van der Waals surface area (Å²) in [6, 6.07) is 0. The Hall–Kier alpha value is -1.05. The van der Waals surface area contributed by atoms with Gasteiger partial charge in [0.2, 0.25) is 0 Å². The van der Waals surface area contributed by atoms with Crippen LogP contribution in [0.3, 0.4) is 0 Å². The molecule has 98 valence electrons. The quantitative estimate of drug-likeness (QED) is 0.159. The zero-order valence-corrected chi connectivity index (χ0v) is 10.2. The molecular formula is C8H22ClN5O2. The molecule has 0 fully saturated rings. The molecule has 0 radical (unpaired) electrons. The summed E-state index contributed by atoms with van der Waals surface area (Å²) < 4.78 is 0. The van der Waals surface area contributed by atoms with Crippen LogP contribution in [0.4, 0.5) is 0 Å². The van der Waals surface area contributed by atoms with Gasteiger partial charge in [0.05, 0.1) is 0 Å². The Kier molecular flexibility index (Phi) is 17.8. The van der Waals surface area contributed by atoms with Gasteiger partial charge in [-0.15, -0.1) is 12.4 Å². The second-order valence-corrected chi connectivity index (χ2v) is 2.93. The molecule has 0 aliphatic heterocycles. The second-order valence-electron chi connectivity index (χ2n) is 2.93. The largest absolute Gasteiger partial charge is 0.370 e. The number of rotatable bonds is 4. The van der Waals surface area contributed by atoms with Crippen LogP contribution in [0.5, 0.6) is 0 Å². The number of halogens is 1. The van der Waals surface area contributed by atoms with E-state index in [2.05, 4.69) is 6.92 Å². The molecule has 0 atom stereocenters. The third-order valence-electron chi connectivity index (χ3n) is 1.34. The molecule has 0 aliphatic rings. The Labute approximate surface area is 102 Å². The minimum Gasteiger partial charge on any atom is -0.370 e. The van der Waals surface area contributed by atoms with Crippen LogP contribution < -0.4 is 16.8 Å². The van der Waals surface area contributed by atoms with Gasteiger partial charge in [-0.25, -0.2) is 0 Å². The number of hydrogen-bond donors (Lipinski definition) is 7. The monoisotopic (exact) mass is 255 g/mol. The maximum absolute atomic E-state index is 8.33. The molecule has 0 aromatic heterocycles. The summed E-state index contributed by atoms with van der Waals surface area (Å²) in [5.74, 6) is -0.625. The smallest absolute Gasteiger partial charge is 0.192 e. The first-order chi connectivity index (χ1) is 6.90. The summed E-state index contributed by atoms with van der Waals surface area (Å²) in [5.41, 5.74) is 9.49. The Morgan fingerprint density at radius 3 is 1.81 bits per heavy atom. The topological polar surface area (TPSA) is 152 Å². The van der Waals surface area contributed by atoms with Crippen molar-refractivity contribution in [2.24, 2.45) is 11.5 Å². The third kappa shape index (κ3) is 29.3. The first-order valence-electron chi connectivity index (χ1n) is 4.71. The van der Waals surface area contributed by atoms with E-state index in [4.69, 9.17) is 32.5 Å². The van der Waals surface area contributed by atoms with E-state index in [1.807, 2.05) is 5.32 Å². The van der Waals surface area contributed by atoms with E-state index in [9.17, 15) is 0 Å². The van der Waals surface area contributed by atoms with E-state index in [1.165, 1.54) is 0 Å². The summed E-state index contributed by atoms with van der Waals surface area (Å²) in [6.07, 6.45) is 2.58. The van der Waals surface area contributed by atoms with E-state index in [1.54, 1.807) is 0 Å². The van der Waals surface area contributed by atoms with Crippen LogP contribution in [-0.2, 0) is 0 Å². The predicted octanol–water partition coefficient (Wildman–Crippen LogP) is -0.338. The first-order valence-corrected chi connectivity index (χ1v) is 4.71. The number of guanidine groups is 2. The van der Waals surface area contributed by atoms with Crippen LogP contribution in [0.1, 0.15) is 32.6 Å². The van der Waals surface area contributed by atoms with Crippen molar-refractivity contribution in [2.45, 2.75) is 38.9 Å². The highest BCUT2D eigenvalue weighted by Gasteiger charge is 1.93. The molecule has 0 aromatic rings. The Morgan fingerprint density at radius 2 is 1.62 bits per heavy atom. The number of nitrogens with one attached hydrogen (secondary N) is 3. The van der Waals surface area contributed by atoms with Crippen molar-refractivity contribution >= 4 is 24.3 Å². The molecule has 7 nitrogen and oxygen atoms in total. The van der Waals surface area contributed by atoms with Gasteiger partial charge in [-0.1, -0.05) is 19.8 Å². The molecule has 0 aliphatic carbocycles. The number of aliphatic hydroxyl groups is 2. The van der Waals surface area contributed by atoms with Gasteiger partial charge in [-0.3, -0.25) is 16.1 Å². The Bertz CT molecular complexity index is 177. The van der Waals surface area contributed by atoms with Crippen molar-refractivity contribution in [1.29, 1.82) is 10.8 Å². The SMILES string of the molecule is CCCCCC(O)O.Cl.N=C(N)NC(=N)N. The third-order valence-corrected chi connectivity index (χ3v) is 1.34. The molecule has 0 heterocycles. The van der Waals surface area contributed by atoms with Crippen molar-refractivity contribution in [3.8, 4) is 0 Å². The molecular weight excluding hydrogens is 234 g/mol. The normalized spacial score (nSPS) is 8.50. The summed E-state index contributed by atoms with van der Waals surface area (Å²) in [4.78, 5) is 0. The summed E-state index contributed by atoms with van der Waals surface area (Å²) >= 11 is 0. The lowest BCUT2D eigenvalue weighted by Gasteiger charge is -1.99. The number of unbranched alkanes of at least 4 members (excludes halogenated alkanes) is 2. The van der Waals surface area contributed by atoms with Gasteiger partial charge in [0.1, 0.15) is 0 Å². The molecule has 0 bridgehead atoms. The summed E-state index contributed by atoms with van der Waals surface area (Å²) in [7, 11) is 0. The van der Waals surface area contributed by atoms with Crippen molar-refractivity contribution in [3.63, 3.8) is 0 Å². The van der Waals surface area contributed by atoms with Crippen molar-refractivity contribution in [3.05, 3.63) is 0 Å². The van der Waals surface area contributed by atoms with Crippen LogP contribution in [0, 0.1) is 10.8 Å². The van der Waals surface area contributed by atoms with Gasteiger partial charge < -0.3 is 21.7 Å². The number of aliphatic hydroxyl groups excluding tert-OH is 1. The van der Waals surface area contributed by atoms with Gasteiger partial charge in [-0.05, 0) is 12.8 Å². The van der Waals surface area contributed by atoms with Crippen LogP contribution in [0.2, 0.25) is 0 Å². The fraction of sp³-hybridized carbons (Fsp3) is 0.750. The Morgan fingerprint density at radius 1 is 1.19 bits per heavy atom. The molecule has 9 N–H and O–H groups in total. The van der Waals surface area contributed by atoms with Gasteiger partial charge in [0.15, 0.2) is 18.2 Å². The second kappa shape index (κ2) is 13.9. The maximum Gasteiger partial charge on any atom is 0.192 e. The first kappa shape index (κ1) is 20.4. The number of hydrogen-bond acceptors (Lipinski definition) is 4. The zero-order chi connectivity index (χ0) is 12.3. The minimum atomic E-state index is -1.10. The van der Waals surface area contributed by atoms with E-state index in [0.29, 0.717) is 6.42 Å². The van der Waals surface area contributed by atoms with Crippen LogP contribution in [0.15, 0.2) is 0 Å². The minimum absolute atomic E-state index is 0. The highest BCUT2D eigenvalue weighted by atomic mass is 35.5. The average molecular weight is 256 g/mol. The van der Waals surface area contributed by atoms with E-state index >= 15 is 0 Å². The Balaban J connectivity index is -0.000000200. The zero-order valence-electron chi connectivity index (χ0n) is 9.36. The highest BCUT2D eigenvalue weighted by Crippen LogP contribution is 1.99. The molecule has 0 saturated heterocycles. The van der Waals surface area contributed by atoms with Crippen molar-refractivity contribution in [2.75, 3.05) is 0 Å². The molecule has 16 heavy (non-hydrogen) atoms. The highest BCUT2D eigenvalue weighted by molar-refractivity contribution is 5.93. The molecule has 0 amide bonds. The molecule has 0 spiro atoms. The molecule has 0 rings (SSSR count). The van der Waals surface area contributed by atoms with Crippen LogP contribution in [0.25, 0.3) is 0 Å². The lowest BCUT2D eigenvalue weighted by molar-refractivity contribution is -0.0465. The fourth-order valence-corrected chi connectivity index (χ4v) is 0.722. The van der Waals surface area contributed by atoms with E-state index in [0.717, 1.165) is 19.3 Å². The number of nitrogens with two attached hydrogens (primary N) is 2. The average Bonchev–Trinajstić information content (AvgIpc) is 2.02. The van der Waals surface area contributed by atoms with Gasteiger partial charge >= 0.3 is 0 Å². The van der Waals surface area contributed by atoms with E-state index in [-0.39, 0.29) is 24.3 Å². The lowest BCUT2D eigenvalue weighted by atomic mass is 10.2. The van der Waals surface area contributed by atoms with Gasteiger partial charge in [0, 0.05) is 0 Å². The molecule has 0 unspecified atom stereocenters. The van der Waals surface area contributed by atoms with Crippen molar-refractivity contribution < 1.29 is 10.2 Å². The van der Waals surface area contributed by atoms with Crippen molar-refractivity contribution in [1.82, 2.24) is 5.32 Å². The molecule has 8 heteroatoms.